The molecule has 2 nitrogen and oxygen atoms in total. The third kappa shape index (κ3) is 2.14. The summed E-state index contributed by atoms with van der Waals surface area (Å²) in [7, 11) is 1.70. The monoisotopic (exact) mass is 193 g/mol. The summed E-state index contributed by atoms with van der Waals surface area (Å²) in [6, 6.07) is 4.34. The summed E-state index contributed by atoms with van der Waals surface area (Å²) in [5, 5.41) is 0. The minimum absolute atomic E-state index is 0.0237. The van der Waals surface area contributed by atoms with Crippen LogP contribution in [0.4, 0.5) is 0 Å². The Hall–Kier alpha value is -0.860. The van der Waals surface area contributed by atoms with Gasteiger partial charge in [0.25, 0.3) is 0 Å². The van der Waals surface area contributed by atoms with Crippen molar-refractivity contribution in [2.24, 2.45) is 5.73 Å². The molecule has 1 aromatic carbocycles. The maximum absolute atomic E-state index is 5.67. The molecule has 1 rings (SSSR count). The average Bonchev–Trinajstić information content (AvgIpc) is 2.10. The van der Waals surface area contributed by atoms with Gasteiger partial charge in [-0.15, -0.1) is 0 Å². The summed E-state index contributed by atoms with van der Waals surface area (Å²) in [4.78, 5) is 0. The lowest BCUT2D eigenvalue weighted by Crippen LogP contribution is -2.16. The number of methoxy groups -OCH3 is 1. The van der Waals surface area contributed by atoms with E-state index in [4.69, 9.17) is 10.5 Å². The maximum atomic E-state index is 5.67. The van der Waals surface area contributed by atoms with Crippen molar-refractivity contribution in [1.82, 2.24) is 0 Å². The van der Waals surface area contributed by atoms with E-state index in [0.717, 1.165) is 0 Å². The van der Waals surface area contributed by atoms with Crippen molar-refractivity contribution in [3.8, 4) is 0 Å². The summed E-state index contributed by atoms with van der Waals surface area (Å²) >= 11 is 0. The van der Waals surface area contributed by atoms with Crippen LogP contribution in [0.25, 0.3) is 0 Å². The molecule has 2 N–H and O–H groups in total. The van der Waals surface area contributed by atoms with E-state index >= 15 is 0 Å². The quantitative estimate of drug-likeness (QED) is 0.799. The van der Waals surface area contributed by atoms with Crippen LogP contribution in [0, 0.1) is 20.8 Å². The van der Waals surface area contributed by atoms with Gasteiger partial charge in [0.15, 0.2) is 0 Å². The molecular formula is C12H19NO. The second-order valence-corrected chi connectivity index (χ2v) is 3.77. The Labute approximate surface area is 86.1 Å². The van der Waals surface area contributed by atoms with Gasteiger partial charge in [-0.3, -0.25) is 0 Å². The van der Waals surface area contributed by atoms with Crippen molar-refractivity contribution >= 4 is 0 Å². The molecule has 0 aliphatic heterocycles. The second-order valence-electron chi connectivity index (χ2n) is 3.77. The molecule has 0 radical (unpaired) electrons. The highest BCUT2D eigenvalue weighted by Crippen LogP contribution is 2.24. The van der Waals surface area contributed by atoms with Crippen molar-refractivity contribution < 1.29 is 4.74 Å². The first-order chi connectivity index (χ1) is 6.60. The molecule has 2 heteroatoms. The minimum Gasteiger partial charge on any atom is -0.375 e. The molecule has 0 heterocycles. The van der Waals surface area contributed by atoms with Crippen molar-refractivity contribution in [3.05, 3.63) is 34.4 Å². The van der Waals surface area contributed by atoms with E-state index in [1.165, 1.54) is 22.3 Å². The molecule has 14 heavy (non-hydrogen) atoms. The Morgan fingerprint density at radius 3 is 2.07 bits per heavy atom. The zero-order valence-electron chi connectivity index (χ0n) is 9.42. The van der Waals surface area contributed by atoms with Gasteiger partial charge in [-0.1, -0.05) is 17.7 Å². The lowest BCUT2D eigenvalue weighted by Gasteiger charge is -2.19. The number of hydrogen-bond acceptors (Lipinski definition) is 2. The Morgan fingerprint density at radius 2 is 1.71 bits per heavy atom. The molecule has 0 fully saturated rings. The SMILES string of the molecule is COC(CN)c1c(C)cc(C)cc1C. The number of hydrogen-bond donors (Lipinski definition) is 1. The van der Waals surface area contributed by atoms with Gasteiger partial charge in [0.1, 0.15) is 0 Å². The van der Waals surface area contributed by atoms with Crippen molar-refractivity contribution in [1.29, 1.82) is 0 Å². The van der Waals surface area contributed by atoms with Crippen LogP contribution in [-0.2, 0) is 4.74 Å². The minimum atomic E-state index is 0.0237. The summed E-state index contributed by atoms with van der Waals surface area (Å²) in [6.45, 7) is 6.85. The molecule has 1 aromatic rings. The normalized spacial score (nSPS) is 12.9. The predicted octanol–water partition coefficient (Wildman–Crippen LogP) is 2.26. The Morgan fingerprint density at radius 1 is 1.21 bits per heavy atom. The summed E-state index contributed by atoms with van der Waals surface area (Å²) in [5.74, 6) is 0. The summed E-state index contributed by atoms with van der Waals surface area (Å²) in [6.07, 6.45) is 0.0237. The van der Waals surface area contributed by atoms with Gasteiger partial charge >= 0.3 is 0 Å². The molecule has 0 spiro atoms. The molecule has 1 unspecified atom stereocenters. The van der Waals surface area contributed by atoms with Gasteiger partial charge in [-0.2, -0.15) is 0 Å². The highest BCUT2D eigenvalue weighted by molar-refractivity contribution is 5.39. The van der Waals surface area contributed by atoms with E-state index in [1.807, 2.05) is 0 Å². The highest BCUT2D eigenvalue weighted by atomic mass is 16.5. The van der Waals surface area contributed by atoms with Gasteiger partial charge in [-0.05, 0) is 37.5 Å². The van der Waals surface area contributed by atoms with Crippen LogP contribution in [0.3, 0.4) is 0 Å². The summed E-state index contributed by atoms with van der Waals surface area (Å²) in [5.41, 5.74) is 10.7. The molecule has 0 aromatic heterocycles. The lowest BCUT2D eigenvalue weighted by molar-refractivity contribution is 0.109. The molecule has 0 saturated carbocycles. The summed E-state index contributed by atoms with van der Waals surface area (Å²) < 4.78 is 5.36. The maximum Gasteiger partial charge on any atom is 0.0948 e. The fourth-order valence-corrected chi connectivity index (χ4v) is 2.03. The number of nitrogens with two attached hydrogens (primary N) is 1. The highest BCUT2D eigenvalue weighted by Gasteiger charge is 2.13. The first kappa shape index (κ1) is 11.2. The molecule has 0 saturated heterocycles. The zero-order chi connectivity index (χ0) is 10.7. The predicted molar refractivity (Wildman–Crippen MR) is 59.5 cm³/mol. The molecule has 1 atom stereocenters. The number of ether oxygens (including phenoxy) is 1. The van der Waals surface area contributed by atoms with E-state index in [2.05, 4.69) is 32.9 Å². The smallest absolute Gasteiger partial charge is 0.0948 e. The van der Waals surface area contributed by atoms with Crippen LogP contribution in [0.15, 0.2) is 12.1 Å². The topological polar surface area (TPSA) is 35.2 Å². The van der Waals surface area contributed by atoms with Crippen LogP contribution in [0.2, 0.25) is 0 Å². The van der Waals surface area contributed by atoms with E-state index in [0.29, 0.717) is 6.54 Å². The fourth-order valence-electron chi connectivity index (χ4n) is 2.03. The molecule has 78 valence electrons. The van der Waals surface area contributed by atoms with Crippen LogP contribution in [-0.4, -0.2) is 13.7 Å². The molecule has 0 bridgehead atoms. The molecular weight excluding hydrogens is 174 g/mol. The lowest BCUT2D eigenvalue weighted by atomic mass is 9.95. The van der Waals surface area contributed by atoms with Crippen molar-refractivity contribution in [2.45, 2.75) is 26.9 Å². The second kappa shape index (κ2) is 4.58. The van der Waals surface area contributed by atoms with E-state index in [9.17, 15) is 0 Å². The van der Waals surface area contributed by atoms with Gasteiger partial charge < -0.3 is 10.5 Å². The van der Waals surface area contributed by atoms with Gasteiger partial charge in [0.2, 0.25) is 0 Å². The number of benzene rings is 1. The van der Waals surface area contributed by atoms with Crippen molar-refractivity contribution in [2.75, 3.05) is 13.7 Å². The standard InChI is InChI=1S/C12H19NO/c1-8-5-9(2)12(10(3)6-8)11(7-13)14-4/h5-6,11H,7,13H2,1-4H3. The largest absolute Gasteiger partial charge is 0.375 e. The number of rotatable bonds is 3. The first-order valence-corrected chi connectivity index (χ1v) is 4.90. The van der Waals surface area contributed by atoms with E-state index in [1.54, 1.807) is 7.11 Å². The molecule has 0 aliphatic carbocycles. The average molecular weight is 193 g/mol. The Kier molecular flexibility index (Phi) is 3.67. The number of aryl methyl sites for hydroxylation is 3. The zero-order valence-corrected chi connectivity index (χ0v) is 9.42. The van der Waals surface area contributed by atoms with Crippen LogP contribution >= 0.6 is 0 Å². The third-order valence-corrected chi connectivity index (χ3v) is 2.56. The fraction of sp³-hybridized carbons (Fsp3) is 0.500. The van der Waals surface area contributed by atoms with E-state index < -0.39 is 0 Å². The molecule has 0 aliphatic rings. The van der Waals surface area contributed by atoms with Gasteiger partial charge in [0, 0.05) is 13.7 Å². The van der Waals surface area contributed by atoms with Crippen LogP contribution in [0.1, 0.15) is 28.4 Å². The molecule has 0 amide bonds. The van der Waals surface area contributed by atoms with E-state index in [-0.39, 0.29) is 6.10 Å². The first-order valence-electron chi connectivity index (χ1n) is 4.90. The van der Waals surface area contributed by atoms with Gasteiger partial charge in [0.05, 0.1) is 6.10 Å². The Balaban J connectivity index is 3.19. The third-order valence-electron chi connectivity index (χ3n) is 2.56. The van der Waals surface area contributed by atoms with Crippen LogP contribution in [0.5, 0.6) is 0 Å². The van der Waals surface area contributed by atoms with Crippen molar-refractivity contribution in [3.63, 3.8) is 0 Å². The Bertz CT molecular complexity index is 293. The van der Waals surface area contributed by atoms with Gasteiger partial charge in [-0.25, -0.2) is 0 Å². The van der Waals surface area contributed by atoms with Crippen LogP contribution < -0.4 is 5.73 Å².